The first-order chi connectivity index (χ1) is 10.0. The maximum Gasteiger partial charge on any atom is 0.240 e. The Kier molecular flexibility index (Phi) is 5.90. The summed E-state index contributed by atoms with van der Waals surface area (Å²) < 4.78 is 33.0. The van der Waals surface area contributed by atoms with Gasteiger partial charge in [-0.1, -0.05) is 37.3 Å². The maximum absolute atomic E-state index is 12.4. The molecule has 0 atom stereocenters. The molecule has 0 amide bonds. The average Bonchev–Trinajstić information content (AvgIpc) is 2.69. The standard InChI is InChI=1S/C15H22ClNO3S/c1-2-20-15-10-9-13(11-14(15)16)21(18,19)17-12-7-5-3-4-6-8-12/h9-12,17H,2-8H2,1H3. The smallest absolute Gasteiger partial charge is 0.240 e. The first-order valence-electron chi connectivity index (χ1n) is 7.47. The fourth-order valence-corrected chi connectivity index (χ4v) is 4.24. The second-order valence-electron chi connectivity index (χ2n) is 5.34. The van der Waals surface area contributed by atoms with Crippen LogP contribution < -0.4 is 9.46 Å². The molecule has 1 fully saturated rings. The van der Waals surface area contributed by atoms with E-state index >= 15 is 0 Å². The van der Waals surface area contributed by atoms with Crippen molar-refractivity contribution in [3.05, 3.63) is 23.2 Å². The van der Waals surface area contributed by atoms with Crippen molar-refractivity contribution in [2.24, 2.45) is 0 Å². The molecule has 1 aromatic rings. The number of hydrogen-bond acceptors (Lipinski definition) is 3. The predicted octanol–water partition coefficient (Wildman–Crippen LogP) is 3.74. The third-order valence-corrected chi connectivity index (χ3v) is 5.50. The van der Waals surface area contributed by atoms with Crippen LogP contribution >= 0.6 is 11.6 Å². The normalized spacial score (nSPS) is 17.4. The highest BCUT2D eigenvalue weighted by Gasteiger charge is 2.22. The number of benzene rings is 1. The van der Waals surface area contributed by atoms with E-state index in [2.05, 4.69) is 4.72 Å². The Morgan fingerprint density at radius 1 is 1.24 bits per heavy atom. The van der Waals surface area contributed by atoms with Crippen molar-refractivity contribution in [1.29, 1.82) is 0 Å². The van der Waals surface area contributed by atoms with Crippen LogP contribution in [0.1, 0.15) is 45.4 Å². The molecule has 21 heavy (non-hydrogen) atoms. The Bertz CT molecular complexity index is 566. The average molecular weight is 332 g/mol. The summed E-state index contributed by atoms with van der Waals surface area (Å²) in [4.78, 5) is 0.195. The van der Waals surface area contributed by atoms with E-state index in [-0.39, 0.29) is 10.9 Å². The minimum atomic E-state index is -3.52. The van der Waals surface area contributed by atoms with E-state index in [1.54, 1.807) is 6.07 Å². The van der Waals surface area contributed by atoms with Crippen LogP contribution in [0.4, 0.5) is 0 Å². The Labute approximate surface area is 131 Å². The second kappa shape index (κ2) is 7.47. The molecule has 0 aromatic heterocycles. The molecule has 0 aliphatic heterocycles. The zero-order valence-electron chi connectivity index (χ0n) is 12.3. The molecule has 6 heteroatoms. The Hall–Kier alpha value is -0.780. The number of halogens is 1. The highest BCUT2D eigenvalue weighted by molar-refractivity contribution is 7.89. The monoisotopic (exact) mass is 331 g/mol. The lowest BCUT2D eigenvalue weighted by atomic mass is 10.1. The SMILES string of the molecule is CCOc1ccc(S(=O)(=O)NC2CCCCCC2)cc1Cl. The molecular formula is C15H22ClNO3S. The molecule has 0 spiro atoms. The van der Waals surface area contributed by atoms with Crippen molar-refractivity contribution in [3.8, 4) is 5.75 Å². The van der Waals surface area contributed by atoms with E-state index in [1.807, 2.05) is 6.92 Å². The van der Waals surface area contributed by atoms with Gasteiger partial charge in [0.05, 0.1) is 16.5 Å². The number of rotatable bonds is 5. The van der Waals surface area contributed by atoms with Crippen LogP contribution in [0.15, 0.2) is 23.1 Å². The third-order valence-electron chi connectivity index (χ3n) is 3.69. The summed E-state index contributed by atoms with van der Waals surface area (Å²) in [6.45, 7) is 2.35. The molecule has 0 radical (unpaired) electrons. The van der Waals surface area contributed by atoms with Crippen LogP contribution in [0.25, 0.3) is 0 Å². The van der Waals surface area contributed by atoms with Gasteiger partial charge < -0.3 is 4.74 Å². The summed E-state index contributed by atoms with van der Waals surface area (Å²) in [5.41, 5.74) is 0. The van der Waals surface area contributed by atoms with E-state index < -0.39 is 10.0 Å². The third kappa shape index (κ3) is 4.59. The molecule has 1 aliphatic rings. The van der Waals surface area contributed by atoms with Gasteiger partial charge in [0.1, 0.15) is 5.75 Å². The summed E-state index contributed by atoms with van der Waals surface area (Å²) in [6.07, 6.45) is 6.35. The van der Waals surface area contributed by atoms with Gasteiger partial charge >= 0.3 is 0 Å². The first kappa shape index (κ1) is 16.6. The molecule has 1 aromatic carbocycles. The molecular weight excluding hydrogens is 310 g/mol. The van der Waals surface area contributed by atoms with Crippen molar-refractivity contribution in [2.45, 2.75) is 56.4 Å². The molecule has 4 nitrogen and oxygen atoms in total. The topological polar surface area (TPSA) is 55.4 Å². The molecule has 0 saturated heterocycles. The van der Waals surface area contributed by atoms with Gasteiger partial charge in [0, 0.05) is 6.04 Å². The summed E-state index contributed by atoms with van der Waals surface area (Å²) in [5, 5.41) is 0.320. The van der Waals surface area contributed by atoms with Crippen LogP contribution in [0, 0.1) is 0 Å². The van der Waals surface area contributed by atoms with E-state index in [4.69, 9.17) is 16.3 Å². The lowest BCUT2D eigenvalue weighted by molar-refractivity contribution is 0.340. The molecule has 0 heterocycles. The van der Waals surface area contributed by atoms with Gasteiger partial charge in [-0.25, -0.2) is 13.1 Å². The zero-order chi connectivity index (χ0) is 15.3. The molecule has 0 bridgehead atoms. The number of ether oxygens (including phenoxy) is 1. The van der Waals surface area contributed by atoms with Crippen molar-refractivity contribution >= 4 is 21.6 Å². The minimum absolute atomic E-state index is 0.0304. The van der Waals surface area contributed by atoms with Crippen molar-refractivity contribution < 1.29 is 13.2 Å². The van der Waals surface area contributed by atoms with E-state index in [9.17, 15) is 8.42 Å². The van der Waals surface area contributed by atoms with Crippen molar-refractivity contribution in [2.75, 3.05) is 6.61 Å². The Morgan fingerprint density at radius 2 is 1.90 bits per heavy atom. The highest BCUT2D eigenvalue weighted by atomic mass is 35.5. The molecule has 118 valence electrons. The summed E-state index contributed by atoms with van der Waals surface area (Å²) >= 11 is 6.07. The van der Waals surface area contributed by atoms with Gasteiger partial charge in [-0.15, -0.1) is 0 Å². The predicted molar refractivity (Wildman–Crippen MR) is 84.4 cm³/mol. The highest BCUT2D eigenvalue weighted by Crippen LogP contribution is 2.28. The zero-order valence-corrected chi connectivity index (χ0v) is 13.8. The van der Waals surface area contributed by atoms with Crippen molar-refractivity contribution in [3.63, 3.8) is 0 Å². The van der Waals surface area contributed by atoms with E-state index in [0.717, 1.165) is 25.7 Å². The lowest BCUT2D eigenvalue weighted by Gasteiger charge is -2.17. The van der Waals surface area contributed by atoms with Gasteiger partial charge in [0.25, 0.3) is 0 Å². The van der Waals surface area contributed by atoms with Crippen LogP contribution in [0.3, 0.4) is 0 Å². The lowest BCUT2D eigenvalue weighted by Crippen LogP contribution is -2.34. The number of sulfonamides is 1. The van der Waals surface area contributed by atoms with Crippen LogP contribution in [0.2, 0.25) is 5.02 Å². The van der Waals surface area contributed by atoms with Gasteiger partial charge in [0.15, 0.2) is 0 Å². The van der Waals surface area contributed by atoms with E-state index in [1.165, 1.54) is 25.0 Å². The molecule has 1 saturated carbocycles. The van der Waals surface area contributed by atoms with Gasteiger partial charge in [-0.3, -0.25) is 0 Å². The van der Waals surface area contributed by atoms with Gasteiger partial charge in [0.2, 0.25) is 10.0 Å². The fourth-order valence-electron chi connectivity index (χ4n) is 2.61. The maximum atomic E-state index is 12.4. The first-order valence-corrected chi connectivity index (χ1v) is 9.33. The van der Waals surface area contributed by atoms with Gasteiger partial charge in [-0.05, 0) is 38.0 Å². The summed E-state index contributed by atoms with van der Waals surface area (Å²) in [5.74, 6) is 0.507. The Balaban J connectivity index is 2.13. The Morgan fingerprint density at radius 3 is 2.48 bits per heavy atom. The van der Waals surface area contributed by atoms with Crippen molar-refractivity contribution in [1.82, 2.24) is 4.72 Å². The number of hydrogen-bond donors (Lipinski definition) is 1. The molecule has 1 N–H and O–H groups in total. The summed E-state index contributed by atoms with van der Waals surface area (Å²) in [6, 6.07) is 4.62. The quantitative estimate of drug-likeness (QED) is 0.836. The fraction of sp³-hybridized carbons (Fsp3) is 0.600. The largest absolute Gasteiger partial charge is 0.492 e. The van der Waals surface area contributed by atoms with E-state index in [0.29, 0.717) is 17.4 Å². The summed E-state index contributed by atoms with van der Waals surface area (Å²) in [7, 11) is -3.52. The van der Waals surface area contributed by atoms with Crippen LogP contribution in [0.5, 0.6) is 5.75 Å². The van der Waals surface area contributed by atoms with Crippen LogP contribution in [-0.4, -0.2) is 21.1 Å². The minimum Gasteiger partial charge on any atom is -0.492 e. The van der Waals surface area contributed by atoms with Crippen LogP contribution in [-0.2, 0) is 10.0 Å². The molecule has 0 unspecified atom stereocenters. The molecule has 2 rings (SSSR count). The molecule has 1 aliphatic carbocycles. The second-order valence-corrected chi connectivity index (χ2v) is 7.46. The number of nitrogens with one attached hydrogen (secondary N) is 1. The van der Waals surface area contributed by atoms with Gasteiger partial charge in [-0.2, -0.15) is 0 Å².